The number of carbonyl (C=O) groups excluding carboxylic acids is 1. The number of aliphatic hydroxyl groups excluding tert-OH is 1. The molecule has 0 bridgehead atoms. The van der Waals surface area contributed by atoms with Gasteiger partial charge in [-0.25, -0.2) is 0 Å². The Morgan fingerprint density at radius 1 is 1.44 bits per heavy atom. The summed E-state index contributed by atoms with van der Waals surface area (Å²) in [5.74, 6) is 0.609. The molecule has 4 heteroatoms. The van der Waals surface area contributed by atoms with Gasteiger partial charge in [0, 0.05) is 6.61 Å². The largest absolute Gasteiger partial charge is 0.396 e. The molecule has 16 heavy (non-hydrogen) atoms. The number of nitrogens with two attached hydrogens (primary N) is 1. The third kappa shape index (κ3) is 3.76. The Labute approximate surface area is 97.6 Å². The van der Waals surface area contributed by atoms with Gasteiger partial charge < -0.3 is 16.2 Å². The van der Waals surface area contributed by atoms with Crippen molar-refractivity contribution in [2.45, 2.75) is 45.1 Å². The fourth-order valence-electron chi connectivity index (χ4n) is 2.53. The molecule has 4 N–H and O–H groups in total. The highest BCUT2D eigenvalue weighted by Gasteiger charge is 2.25. The Morgan fingerprint density at radius 3 is 2.56 bits per heavy atom. The lowest BCUT2D eigenvalue weighted by molar-refractivity contribution is -0.120. The van der Waals surface area contributed by atoms with E-state index in [0.717, 1.165) is 25.8 Å². The number of carbonyl (C=O) groups is 1. The molecule has 0 aromatic carbocycles. The Morgan fingerprint density at radius 2 is 2.06 bits per heavy atom. The van der Waals surface area contributed by atoms with Crippen LogP contribution in [0.4, 0.5) is 0 Å². The topological polar surface area (TPSA) is 75.3 Å². The first kappa shape index (κ1) is 13.5. The van der Waals surface area contributed by atoms with E-state index >= 15 is 0 Å². The summed E-state index contributed by atoms with van der Waals surface area (Å²) < 4.78 is 0. The minimum absolute atomic E-state index is 0.221. The maximum absolute atomic E-state index is 11.1. The Hall–Kier alpha value is -0.610. The normalized spacial score (nSPS) is 27.6. The molecule has 1 rings (SSSR count). The van der Waals surface area contributed by atoms with E-state index in [4.69, 9.17) is 5.73 Å². The first-order chi connectivity index (χ1) is 7.69. The molecule has 1 fully saturated rings. The van der Waals surface area contributed by atoms with E-state index in [9.17, 15) is 9.90 Å². The van der Waals surface area contributed by atoms with E-state index in [2.05, 4.69) is 5.32 Å². The summed E-state index contributed by atoms with van der Waals surface area (Å²) in [6.45, 7) is 3.01. The Kier molecular flexibility index (Phi) is 5.77. The lowest BCUT2D eigenvalue weighted by Gasteiger charge is -2.31. The molecule has 0 aromatic rings. The Bertz CT molecular complexity index is 221. The molecule has 0 aliphatic heterocycles. The summed E-state index contributed by atoms with van der Waals surface area (Å²) in [7, 11) is 0. The van der Waals surface area contributed by atoms with Gasteiger partial charge in [-0.15, -0.1) is 0 Å². The minimum Gasteiger partial charge on any atom is -0.396 e. The van der Waals surface area contributed by atoms with Crippen LogP contribution in [0.5, 0.6) is 0 Å². The summed E-state index contributed by atoms with van der Waals surface area (Å²) in [6, 6.07) is -0.221. The second-order valence-corrected chi connectivity index (χ2v) is 4.76. The third-order valence-electron chi connectivity index (χ3n) is 3.68. The highest BCUT2D eigenvalue weighted by atomic mass is 16.3. The number of hydrogen-bond donors (Lipinski definition) is 3. The molecule has 3 unspecified atom stereocenters. The van der Waals surface area contributed by atoms with Crippen LogP contribution in [0.3, 0.4) is 0 Å². The summed E-state index contributed by atoms with van der Waals surface area (Å²) in [5, 5.41) is 12.5. The number of amides is 1. The molecule has 1 amide bonds. The molecule has 1 aliphatic carbocycles. The molecule has 0 aromatic heterocycles. The van der Waals surface area contributed by atoms with Gasteiger partial charge in [0.25, 0.3) is 0 Å². The lowest BCUT2D eigenvalue weighted by Crippen LogP contribution is -2.44. The maximum atomic E-state index is 11.1. The molecule has 3 atom stereocenters. The zero-order chi connectivity index (χ0) is 12.0. The van der Waals surface area contributed by atoms with Gasteiger partial charge in [0.1, 0.15) is 0 Å². The van der Waals surface area contributed by atoms with E-state index in [0.29, 0.717) is 11.8 Å². The number of rotatable bonds is 6. The van der Waals surface area contributed by atoms with Crippen molar-refractivity contribution in [1.82, 2.24) is 5.32 Å². The van der Waals surface area contributed by atoms with E-state index < -0.39 is 0 Å². The van der Waals surface area contributed by atoms with Crippen LogP contribution < -0.4 is 11.1 Å². The molecule has 0 radical (unpaired) electrons. The van der Waals surface area contributed by atoms with Crippen molar-refractivity contribution in [3.05, 3.63) is 0 Å². The summed E-state index contributed by atoms with van der Waals surface area (Å²) >= 11 is 0. The smallest absolute Gasteiger partial charge is 0.234 e. The zero-order valence-electron chi connectivity index (χ0n) is 10.1. The molecule has 0 spiro atoms. The van der Waals surface area contributed by atoms with Gasteiger partial charge in [-0.05, 0) is 37.6 Å². The maximum Gasteiger partial charge on any atom is 0.234 e. The molecule has 4 nitrogen and oxygen atoms in total. The average molecular weight is 228 g/mol. The van der Waals surface area contributed by atoms with Crippen molar-refractivity contribution in [3.63, 3.8) is 0 Å². The van der Waals surface area contributed by atoms with Crippen LogP contribution in [0.2, 0.25) is 0 Å². The van der Waals surface area contributed by atoms with Gasteiger partial charge in [-0.1, -0.05) is 19.8 Å². The molecule has 0 heterocycles. The molecule has 0 saturated heterocycles. The highest BCUT2D eigenvalue weighted by molar-refractivity contribution is 5.79. The number of hydrogen-bond acceptors (Lipinski definition) is 3. The fourth-order valence-corrected chi connectivity index (χ4v) is 2.53. The monoisotopic (exact) mass is 228 g/mol. The van der Waals surface area contributed by atoms with Gasteiger partial charge in [-0.3, -0.25) is 4.79 Å². The van der Waals surface area contributed by atoms with Crippen molar-refractivity contribution in [2.75, 3.05) is 13.2 Å². The van der Waals surface area contributed by atoms with Gasteiger partial charge in [-0.2, -0.15) is 0 Å². The van der Waals surface area contributed by atoms with Crippen LogP contribution in [-0.2, 0) is 4.79 Å². The van der Waals surface area contributed by atoms with E-state index in [1.165, 1.54) is 12.8 Å². The highest BCUT2D eigenvalue weighted by Crippen LogP contribution is 2.29. The van der Waals surface area contributed by atoms with E-state index in [1.54, 1.807) is 0 Å². The van der Waals surface area contributed by atoms with Crippen LogP contribution in [0.1, 0.15) is 39.0 Å². The fraction of sp³-hybridized carbons (Fsp3) is 0.917. The second kappa shape index (κ2) is 6.86. The SMILES string of the molecule is CCC(NCC1CCCCC1CO)C(N)=O. The standard InChI is InChI=1S/C12H24N2O2/c1-2-11(12(13)16)14-7-9-5-3-4-6-10(9)8-15/h9-11,14-15H,2-8H2,1H3,(H2,13,16). The zero-order valence-corrected chi connectivity index (χ0v) is 10.1. The molecular formula is C12H24N2O2. The number of nitrogens with one attached hydrogen (secondary N) is 1. The predicted octanol–water partition coefficient (Wildman–Crippen LogP) is 0.639. The van der Waals surface area contributed by atoms with Gasteiger partial charge in [0.05, 0.1) is 6.04 Å². The quantitative estimate of drug-likeness (QED) is 0.624. The Balaban J connectivity index is 2.36. The molecule has 1 aliphatic rings. The van der Waals surface area contributed by atoms with Crippen LogP contribution in [0, 0.1) is 11.8 Å². The van der Waals surface area contributed by atoms with Gasteiger partial charge >= 0.3 is 0 Å². The minimum atomic E-state index is -0.279. The van der Waals surface area contributed by atoms with Crippen LogP contribution >= 0.6 is 0 Å². The first-order valence-electron chi connectivity index (χ1n) is 6.32. The third-order valence-corrected chi connectivity index (χ3v) is 3.68. The van der Waals surface area contributed by atoms with Crippen molar-refractivity contribution in [3.8, 4) is 0 Å². The number of primary amides is 1. The summed E-state index contributed by atoms with van der Waals surface area (Å²) in [4.78, 5) is 11.1. The van der Waals surface area contributed by atoms with Crippen LogP contribution in [-0.4, -0.2) is 30.2 Å². The van der Waals surface area contributed by atoms with E-state index in [-0.39, 0.29) is 18.6 Å². The average Bonchev–Trinajstić information content (AvgIpc) is 2.30. The number of aliphatic hydroxyl groups is 1. The summed E-state index contributed by atoms with van der Waals surface area (Å²) in [5.41, 5.74) is 5.28. The second-order valence-electron chi connectivity index (χ2n) is 4.76. The van der Waals surface area contributed by atoms with Crippen molar-refractivity contribution < 1.29 is 9.90 Å². The van der Waals surface area contributed by atoms with Crippen LogP contribution in [0.25, 0.3) is 0 Å². The molecular weight excluding hydrogens is 204 g/mol. The molecule has 1 saturated carbocycles. The van der Waals surface area contributed by atoms with Crippen molar-refractivity contribution in [2.24, 2.45) is 17.6 Å². The van der Waals surface area contributed by atoms with Crippen molar-refractivity contribution in [1.29, 1.82) is 0 Å². The summed E-state index contributed by atoms with van der Waals surface area (Å²) in [6.07, 6.45) is 5.43. The lowest BCUT2D eigenvalue weighted by atomic mass is 9.79. The van der Waals surface area contributed by atoms with Crippen molar-refractivity contribution >= 4 is 5.91 Å². The van der Waals surface area contributed by atoms with Gasteiger partial charge in [0.2, 0.25) is 5.91 Å². The molecule has 94 valence electrons. The van der Waals surface area contributed by atoms with E-state index in [1.807, 2.05) is 6.92 Å². The van der Waals surface area contributed by atoms with Gasteiger partial charge in [0.15, 0.2) is 0 Å². The first-order valence-corrected chi connectivity index (χ1v) is 6.32. The predicted molar refractivity (Wildman–Crippen MR) is 63.8 cm³/mol. The van der Waals surface area contributed by atoms with Crippen LogP contribution in [0.15, 0.2) is 0 Å².